The number of aromatic hydroxyl groups is 1. The molecule has 0 saturated heterocycles. The van der Waals surface area contributed by atoms with Crippen LogP contribution in [0.25, 0.3) is 0 Å². The van der Waals surface area contributed by atoms with E-state index in [-0.39, 0.29) is 5.75 Å². The number of hydrogen-bond donors (Lipinski definition) is 1. The molecule has 3 rings (SSSR count). The zero-order chi connectivity index (χ0) is 17.2. The second-order valence-corrected chi connectivity index (χ2v) is 5.92. The van der Waals surface area contributed by atoms with Crippen molar-refractivity contribution < 1.29 is 14.2 Å². The number of phenols is 1. The van der Waals surface area contributed by atoms with E-state index in [4.69, 9.17) is 9.05 Å². The summed E-state index contributed by atoms with van der Waals surface area (Å²) in [5.74, 6) is 4.40. The van der Waals surface area contributed by atoms with E-state index in [2.05, 4.69) is 18.1 Å². The van der Waals surface area contributed by atoms with E-state index in [1.807, 2.05) is 72.8 Å². The molecule has 1 N–H and O–H groups in total. The Kier molecular flexibility index (Phi) is 7.21. The highest BCUT2D eigenvalue weighted by Gasteiger charge is 2.21. The van der Waals surface area contributed by atoms with Gasteiger partial charge in [0, 0.05) is 0 Å². The molecule has 0 aromatic heterocycles. The molecule has 0 saturated carbocycles. The lowest BCUT2D eigenvalue weighted by Gasteiger charge is -2.19. The number of hydrogen-bond acceptors (Lipinski definition) is 4. The Morgan fingerprint density at radius 3 is 1.54 bits per heavy atom. The van der Waals surface area contributed by atoms with E-state index in [9.17, 15) is 5.11 Å². The van der Waals surface area contributed by atoms with E-state index in [1.54, 1.807) is 12.1 Å². The Morgan fingerprint density at radius 2 is 1.08 bits per heavy atom. The fraction of sp³-hybridized carbons (Fsp3) is 0. The van der Waals surface area contributed by atoms with Crippen LogP contribution in [-0.4, -0.2) is 11.0 Å². The van der Waals surface area contributed by atoms with Gasteiger partial charge in [0.15, 0.2) is 0 Å². The molecular weight excluding hydrogens is 339 g/mol. The van der Waals surface area contributed by atoms with E-state index in [1.165, 1.54) is 0 Å². The van der Waals surface area contributed by atoms with Crippen molar-refractivity contribution in [1.82, 2.24) is 0 Å². The summed E-state index contributed by atoms with van der Waals surface area (Å²) < 4.78 is 11.9. The molecule has 0 spiro atoms. The normalized spacial score (nSPS) is 9.71. The van der Waals surface area contributed by atoms with Crippen LogP contribution in [0.4, 0.5) is 0 Å². The van der Waals surface area contributed by atoms with E-state index in [0.29, 0.717) is 16.8 Å². The second kappa shape index (κ2) is 9.66. The number of para-hydroxylation sites is 3. The first kappa shape index (κ1) is 17.9. The van der Waals surface area contributed by atoms with Crippen LogP contribution in [0, 0.1) is 0 Å². The number of benzene rings is 3. The van der Waals surface area contributed by atoms with Gasteiger partial charge in [-0.1, -0.05) is 60.7 Å². The maximum absolute atomic E-state index is 10.1. The predicted molar refractivity (Wildman–Crippen MR) is 104 cm³/mol. The van der Waals surface area contributed by atoms with Gasteiger partial charge in [0.2, 0.25) is 0 Å². The molecule has 0 aliphatic rings. The quantitative estimate of drug-likeness (QED) is 0.510. The van der Waals surface area contributed by atoms with Gasteiger partial charge in [-0.3, -0.25) is 0 Å². The molecular formula is C19H17O3PS. The van der Waals surface area contributed by atoms with Gasteiger partial charge in [-0.25, -0.2) is 0 Å². The maximum atomic E-state index is 10.1. The number of thiocarbonyl (C=S) groups is 1. The molecule has 3 nitrogen and oxygen atoms in total. The number of phenolic OH excluding ortho intramolecular Hbond substituents is 1. The second-order valence-electron chi connectivity index (χ2n) is 4.55. The largest absolute Gasteiger partial charge is 0.507 e. The van der Waals surface area contributed by atoms with Crippen LogP contribution in [0.15, 0.2) is 84.9 Å². The Hall–Kier alpha value is -2.42. The van der Waals surface area contributed by atoms with Gasteiger partial charge >= 0.3 is 8.38 Å². The average molecular weight is 356 g/mol. The van der Waals surface area contributed by atoms with Crippen molar-refractivity contribution in [3.63, 3.8) is 0 Å². The van der Waals surface area contributed by atoms with Gasteiger partial charge in [0.25, 0.3) is 0 Å². The molecule has 0 fully saturated rings. The molecule has 0 radical (unpaired) electrons. The van der Waals surface area contributed by atoms with Gasteiger partial charge in [-0.15, -0.1) is 0 Å². The summed E-state index contributed by atoms with van der Waals surface area (Å²) in [6, 6.07) is 26.0. The van der Waals surface area contributed by atoms with Crippen LogP contribution in [0.5, 0.6) is 17.2 Å². The first-order valence-electron chi connectivity index (χ1n) is 7.16. The average Bonchev–Trinajstić information content (AvgIpc) is 2.65. The molecule has 0 amide bonds. The summed E-state index contributed by atoms with van der Waals surface area (Å²) in [4.78, 5) is 0. The van der Waals surface area contributed by atoms with Crippen molar-refractivity contribution in [2.45, 2.75) is 0 Å². The minimum Gasteiger partial charge on any atom is -0.507 e. The Morgan fingerprint density at radius 1 is 0.667 bits per heavy atom. The minimum atomic E-state index is -1.48. The third kappa shape index (κ3) is 5.05. The fourth-order valence-electron chi connectivity index (χ4n) is 1.89. The van der Waals surface area contributed by atoms with Crippen molar-refractivity contribution in [2.24, 2.45) is 0 Å². The monoisotopic (exact) mass is 356 g/mol. The van der Waals surface area contributed by atoms with Crippen LogP contribution >= 0.6 is 20.6 Å². The highest BCUT2D eigenvalue weighted by atomic mass is 32.1. The lowest BCUT2D eigenvalue weighted by molar-refractivity contribution is 0.471. The molecule has 0 atom stereocenters. The summed E-state index contributed by atoms with van der Waals surface area (Å²) >= 11 is 3.83. The van der Waals surface area contributed by atoms with Crippen LogP contribution in [0.2, 0.25) is 0 Å². The van der Waals surface area contributed by atoms with Gasteiger partial charge in [0.1, 0.15) is 17.2 Å². The van der Waals surface area contributed by atoms with Crippen molar-refractivity contribution in [1.29, 1.82) is 0 Å². The number of rotatable bonds is 5. The highest BCUT2D eigenvalue weighted by Crippen LogP contribution is 2.41. The summed E-state index contributed by atoms with van der Waals surface area (Å²) in [7, 11) is -1.48. The summed E-state index contributed by atoms with van der Waals surface area (Å²) in [6.45, 7) is 0. The zero-order valence-corrected chi connectivity index (χ0v) is 14.6. The highest BCUT2D eigenvalue weighted by molar-refractivity contribution is 7.77. The van der Waals surface area contributed by atoms with Crippen LogP contribution in [0.3, 0.4) is 0 Å². The minimum absolute atomic E-state index is 0.167. The first-order chi connectivity index (χ1) is 11.8. The topological polar surface area (TPSA) is 38.7 Å². The van der Waals surface area contributed by atoms with Crippen molar-refractivity contribution in [3.8, 4) is 17.2 Å². The smallest absolute Gasteiger partial charge is 0.329 e. The third-order valence-corrected chi connectivity index (χ3v) is 4.47. The van der Waals surface area contributed by atoms with Crippen molar-refractivity contribution in [2.75, 3.05) is 0 Å². The first-order valence-corrected chi connectivity index (χ1v) is 8.91. The SMILES string of the molecule is C=S.Oc1ccccc1P(Oc1ccccc1)Oc1ccccc1. The molecule has 0 bridgehead atoms. The van der Waals surface area contributed by atoms with Gasteiger partial charge in [-0.05, 0) is 42.3 Å². The molecule has 0 aliphatic heterocycles. The summed E-state index contributed by atoms with van der Waals surface area (Å²) in [6.07, 6.45) is 0. The molecule has 0 heterocycles. The van der Waals surface area contributed by atoms with Crippen LogP contribution in [-0.2, 0) is 0 Å². The summed E-state index contributed by atoms with van der Waals surface area (Å²) in [5, 5.41) is 10.7. The van der Waals surface area contributed by atoms with E-state index >= 15 is 0 Å². The molecule has 0 unspecified atom stereocenters. The standard InChI is InChI=1S/C18H15O3P.CH2S/c19-17-13-7-8-14-18(17)22(20-15-9-3-1-4-10-15)21-16-11-5-2-6-12-16;1-2/h1-14,19H;1H2. The van der Waals surface area contributed by atoms with Crippen LogP contribution < -0.4 is 14.4 Å². The van der Waals surface area contributed by atoms with Crippen molar-refractivity contribution >= 4 is 31.8 Å². The molecule has 0 aliphatic carbocycles. The molecule has 24 heavy (non-hydrogen) atoms. The molecule has 122 valence electrons. The molecule has 3 aromatic carbocycles. The predicted octanol–water partition coefficient (Wildman–Crippen LogP) is 5.10. The summed E-state index contributed by atoms with van der Waals surface area (Å²) in [5.41, 5.74) is 0. The fourth-order valence-corrected chi connectivity index (χ4v) is 3.22. The molecule has 5 heteroatoms. The Balaban J connectivity index is 0.00000100. The Labute approximate surface area is 148 Å². The lowest BCUT2D eigenvalue weighted by atomic mass is 10.3. The zero-order valence-electron chi connectivity index (χ0n) is 12.9. The van der Waals surface area contributed by atoms with Crippen molar-refractivity contribution in [3.05, 3.63) is 84.9 Å². The van der Waals surface area contributed by atoms with E-state index in [0.717, 1.165) is 0 Å². The van der Waals surface area contributed by atoms with E-state index < -0.39 is 8.38 Å². The van der Waals surface area contributed by atoms with Gasteiger partial charge < -0.3 is 14.2 Å². The third-order valence-electron chi connectivity index (χ3n) is 2.94. The Bertz CT molecular complexity index is 696. The van der Waals surface area contributed by atoms with Crippen LogP contribution in [0.1, 0.15) is 0 Å². The lowest BCUT2D eigenvalue weighted by Crippen LogP contribution is -2.10. The van der Waals surface area contributed by atoms with Gasteiger partial charge in [-0.2, -0.15) is 0 Å². The van der Waals surface area contributed by atoms with Gasteiger partial charge in [0.05, 0.1) is 5.30 Å². The maximum Gasteiger partial charge on any atom is 0.329 e. The molecule has 3 aromatic rings.